The van der Waals surface area contributed by atoms with Crippen molar-refractivity contribution in [3.63, 3.8) is 0 Å². The molecule has 0 aliphatic heterocycles. The molecule has 0 spiro atoms. The van der Waals surface area contributed by atoms with Gasteiger partial charge in [-0.2, -0.15) is 0 Å². The third kappa shape index (κ3) is 3.75. The lowest BCUT2D eigenvalue weighted by Gasteiger charge is -2.19. The fraction of sp³-hybridized carbons (Fsp3) is 0.364. The predicted molar refractivity (Wildman–Crippen MR) is 65.6 cm³/mol. The third-order valence-electron chi connectivity index (χ3n) is 2.17. The number of hydrogen-bond donors (Lipinski definition) is 2. The lowest BCUT2D eigenvalue weighted by Crippen LogP contribution is -2.38. The minimum absolute atomic E-state index is 0.0397. The van der Waals surface area contributed by atoms with E-state index in [1.54, 1.807) is 30.1 Å². The van der Waals surface area contributed by atoms with E-state index in [2.05, 4.69) is 5.32 Å². The molecule has 1 aromatic rings. The number of nitrogens with one attached hydrogen (secondary N) is 1. The lowest BCUT2D eigenvalue weighted by molar-refractivity contribution is 0.263. The van der Waals surface area contributed by atoms with Crippen LogP contribution in [0.2, 0.25) is 0 Å². The van der Waals surface area contributed by atoms with Gasteiger partial charge in [-0.1, -0.05) is 18.2 Å². The van der Waals surface area contributed by atoms with E-state index in [0.717, 1.165) is 0 Å². The Kier molecular flexibility index (Phi) is 5.14. The summed E-state index contributed by atoms with van der Waals surface area (Å²) in [5.41, 5.74) is 0.572. The second-order valence-corrected chi connectivity index (χ2v) is 3.78. The van der Waals surface area contributed by atoms with Crippen molar-refractivity contribution in [2.75, 3.05) is 20.2 Å². The van der Waals surface area contributed by atoms with Gasteiger partial charge in [0.2, 0.25) is 0 Å². The maximum absolute atomic E-state index is 13.3. The summed E-state index contributed by atoms with van der Waals surface area (Å²) in [6.45, 7) is 0.850. The Bertz CT molecular complexity index is 360. The van der Waals surface area contributed by atoms with Crippen molar-refractivity contribution in [2.24, 2.45) is 0 Å². The molecule has 88 valence electrons. The highest BCUT2D eigenvalue weighted by molar-refractivity contribution is 7.80. The van der Waals surface area contributed by atoms with Crippen LogP contribution < -0.4 is 5.32 Å². The molecule has 2 N–H and O–H groups in total. The SMILES string of the molecule is CN(CCO)C(=S)NCc1ccccc1F. The summed E-state index contributed by atoms with van der Waals surface area (Å²) in [5.74, 6) is -0.248. The van der Waals surface area contributed by atoms with E-state index in [4.69, 9.17) is 17.3 Å². The largest absolute Gasteiger partial charge is 0.395 e. The molecule has 0 aliphatic rings. The fourth-order valence-electron chi connectivity index (χ4n) is 1.20. The van der Waals surface area contributed by atoms with Gasteiger partial charge in [0.05, 0.1) is 6.61 Å². The highest BCUT2D eigenvalue weighted by Gasteiger charge is 2.04. The first-order valence-electron chi connectivity index (χ1n) is 4.98. The van der Waals surface area contributed by atoms with Crippen LogP contribution in [0.4, 0.5) is 4.39 Å². The lowest BCUT2D eigenvalue weighted by atomic mass is 10.2. The number of halogens is 1. The van der Waals surface area contributed by atoms with Gasteiger partial charge in [0.25, 0.3) is 0 Å². The van der Waals surface area contributed by atoms with Gasteiger partial charge >= 0.3 is 0 Å². The maximum atomic E-state index is 13.3. The van der Waals surface area contributed by atoms with Crippen LogP contribution in [-0.4, -0.2) is 35.3 Å². The van der Waals surface area contributed by atoms with Crippen molar-refractivity contribution in [3.05, 3.63) is 35.6 Å². The summed E-state index contributed by atoms with van der Waals surface area (Å²) < 4.78 is 13.3. The summed E-state index contributed by atoms with van der Waals surface area (Å²) in [6, 6.07) is 6.55. The van der Waals surface area contributed by atoms with Gasteiger partial charge in [0, 0.05) is 25.7 Å². The molecule has 0 aromatic heterocycles. The van der Waals surface area contributed by atoms with E-state index >= 15 is 0 Å². The Morgan fingerprint density at radius 2 is 2.19 bits per heavy atom. The average molecular weight is 242 g/mol. The topological polar surface area (TPSA) is 35.5 Å². The van der Waals surface area contributed by atoms with Gasteiger partial charge in [-0.05, 0) is 18.3 Å². The molecule has 5 heteroatoms. The number of likely N-dealkylation sites (N-methyl/N-ethyl adjacent to an activating group) is 1. The smallest absolute Gasteiger partial charge is 0.169 e. The van der Waals surface area contributed by atoms with Crippen LogP contribution in [-0.2, 0) is 6.54 Å². The number of rotatable bonds is 4. The molecule has 0 amide bonds. The van der Waals surface area contributed by atoms with Gasteiger partial charge < -0.3 is 15.3 Å². The molecule has 1 rings (SSSR count). The molecule has 0 atom stereocenters. The Balaban J connectivity index is 2.46. The van der Waals surface area contributed by atoms with Gasteiger partial charge in [-0.3, -0.25) is 0 Å². The molecule has 0 fully saturated rings. The minimum atomic E-state index is -0.248. The molecule has 0 saturated heterocycles. The van der Waals surface area contributed by atoms with Crippen molar-refractivity contribution in [1.82, 2.24) is 10.2 Å². The van der Waals surface area contributed by atoms with Crippen molar-refractivity contribution in [2.45, 2.75) is 6.54 Å². The summed E-state index contributed by atoms with van der Waals surface area (Å²) in [6.07, 6.45) is 0. The van der Waals surface area contributed by atoms with Crippen molar-refractivity contribution in [1.29, 1.82) is 0 Å². The van der Waals surface area contributed by atoms with Gasteiger partial charge in [0.1, 0.15) is 5.82 Å². The molecular weight excluding hydrogens is 227 g/mol. The van der Waals surface area contributed by atoms with Crippen molar-refractivity contribution < 1.29 is 9.50 Å². The van der Waals surface area contributed by atoms with Crippen LogP contribution in [0.3, 0.4) is 0 Å². The normalized spacial score (nSPS) is 9.94. The summed E-state index contributed by atoms with van der Waals surface area (Å²) in [7, 11) is 1.77. The first kappa shape index (κ1) is 12.9. The second kappa shape index (κ2) is 6.40. The quantitative estimate of drug-likeness (QED) is 0.776. The number of aliphatic hydroxyl groups excluding tert-OH is 1. The van der Waals surface area contributed by atoms with Gasteiger partial charge in [0.15, 0.2) is 5.11 Å². The number of thiocarbonyl (C=S) groups is 1. The highest BCUT2D eigenvalue weighted by atomic mass is 32.1. The Labute approximate surface area is 99.9 Å². The van der Waals surface area contributed by atoms with Gasteiger partial charge in [-0.15, -0.1) is 0 Å². The zero-order chi connectivity index (χ0) is 12.0. The molecule has 16 heavy (non-hydrogen) atoms. The number of benzene rings is 1. The molecule has 3 nitrogen and oxygen atoms in total. The number of aliphatic hydroxyl groups is 1. The van der Waals surface area contributed by atoms with Crippen molar-refractivity contribution in [3.8, 4) is 0 Å². The van der Waals surface area contributed by atoms with Crippen LogP contribution in [0, 0.1) is 5.82 Å². The van der Waals surface area contributed by atoms with E-state index in [9.17, 15) is 4.39 Å². The van der Waals surface area contributed by atoms with E-state index in [1.807, 2.05) is 0 Å². The molecule has 0 bridgehead atoms. The van der Waals surface area contributed by atoms with Crippen LogP contribution in [0.25, 0.3) is 0 Å². The van der Waals surface area contributed by atoms with Gasteiger partial charge in [-0.25, -0.2) is 4.39 Å². The highest BCUT2D eigenvalue weighted by Crippen LogP contribution is 2.05. The monoisotopic (exact) mass is 242 g/mol. The molecule has 0 radical (unpaired) electrons. The first-order valence-corrected chi connectivity index (χ1v) is 5.39. The number of nitrogens with zero attached hydrogens (tertiary/aromatic N) is 1. The molecular formula is C11H15FN2OS. The van der Waals surface area contributed by atoms with E-state index < -0.39 is 0 Å². The zero-order valence-electron chi connectivity index (χ0n) is 9.11. The van der Waals surface area contributed by atoms with Crippen LogP contribution in [0.15, 0.2) is 24.3 Å². The third-order valence-corrected chi connectivity index (χ3v) is 2.63. The Morgan fingerprint density at radius 3 is 2.81 bits per heavy atom. The molecule has 0 heterocycles. The summed E-state index contributed by atoms with van der Waals surface area (Å²) in [4.78, 5) is 1.70. The molecule has 0 unspecified atom stereocenters. The second-order valence-electron chi connectivity index (χ2n) is 3.40. The zero-order valence-corrected chi connectivity index (χ0v) is 9.93. The standard InChI is InChI=1S/C11H15FN2OS/c1-14(6-7-15)11(16)13-8-9-4-2-3-5-10(9)12/h2-5,15H,6-8H2,1H3,(H,13,16). The maximum Gasteiger partial charge on any atom is 0.169 e. The molecule has 0 saturated carbocycles. The van der Waals surface area contributed by atoms with Crippen LogP contribution in [0.5, 0.6) is 0 Å². The number of hydrogen-bond acceptors (Lipinski definition) is 2. The average Bonchev–Trinajstić information content (AvgIpc) is 2.28. The molecule has 0 aliphatic carbocycles. The fourth-order valence-corrected chi connectivity index (χ4v) is 1.36. The summed E-state index contributed by atoms with van der Waals surface area (Å²) >= 11 is 5.07. The van der Waals surface area contributed by atoms with E-state index in [-0.39, 0.29) is 12.4 Å². The van der Waals surface area contributed by atoms with E-state index in [1.165, 1.54) is 6.07 Å². The van der Waals surface area contributed by atoms with Crippen LogP contribution >= 0.6 is 12.2 Å². The summed E-state index contributed by atoms with van der Waals surface area (Å²) in [5, 5.41) is 12.2. The predicted octanol–water partition coefficient (Wildman–Crippen LogP) is 1.12. The van der Waals surface area contributed by atoms with Crippen LogP contribution in [0.1, 0.15) is 5.56 Å². The van der Waals surface area contributed by atoms with Crippen molar-refractivity contribution >= 4 is 17.3 Å². The Morgan fingerprint density at radius 1 is 1.50 bits per heavy atom. The van der Waals surface area contributed by atoms with E-state index in [0.29, 0.717) is 23.8 Å². The molecule has 1 aromatic carbocycles. The minimum Gasteiger partial charge on any atom is -0.395 e. The first-order chi connectivity index (χ1) is 7.65. The Hall–Kier alpha value is -1.20.